The Balaban J connectivity index is 1.56. The van der Waals surface area contributed by atoms with E-state index in [4.69, 9.17) is 4.74 Å². The van der Waals surface area contributed by atoms with Crippen LogP contribution in [0.2, 0.25) is 0 Å². The van der Waals surface area contributed by atoms with Crippen LogP contribution in [0.5, 0.6) is 5.75 Å². The van der Waals surface area contributed by atoms with Crippen molar-refractivity contribution < 1.29 is 13.5 Å². The standard InChI is InChI=1S/C24H28F2N4OS2/c1-3-5-16-6-4-9-30(13-16)22-10-17(31-2)7-8-21(22)28-24-19(25)11-18(12-20(24)26)33-29-23-14-32-15-27-23/h7-8,10-12,14-16,28-29H,3-6,9,13H2,1-2H3/t16-/m1/s1. The number of ether oxygens (including phenoxy) is 1. The number of thiazole rings is 1. The van der Waals surface area contributed by atoms with E-state index in [2.05, 4.69) is 26.8 Å². The highest BCUT2D eigenvalue weighted by atomic mass is 32.2. The van der Waals surface area contributed by atoms with Gasteiger partial charge in [0, 0.05) is 29.4 Å². The first-order chi connectivity index (χ1) is 16.1. The van der Waals surface area contributed by atoms with E-state index in [-0.39, 0.29) is 5.69 Å². The van der Waals surface area contributed by atoms with E-state index >= 15 is 0 Å². The fourth-order valence-corrected chi connectivity index (χ4v) is 5.39. The van der Waals surface area contributed by atoms with Gasteiger partial charge >= 0.3 is 0 Å². The lowest BCUT2D eigenvalue weighted by molar-refractivity contribution is 0.387. The van der Waals surface area contributed by atoms with E-state index in [1.54, 1.807) is 18.7 Å². The molecule has 9 heteroatoms. The van der Waals surface area contributed by atoms with Gasteiger partial charge in [-0.2, -0.15) is 0 Å². The fraction of sp³-hybridized carbons (Fsp3) is 0.375. The summed E-state index contributed by atoms with van der Waals surface area (Å²) in [5.74, 6) is 0.689. The third-order valence-corrected chi connectivity index (χ3v) is 7.11. The van der Waals surface area contributed by atoms with Crippen LogP contribution in [0.3, 0.4) is 0 Å². The zero-order chi connectivity index (χ0) is 23.2. The summed E-state index contributed by atoms with van der Waals surface area (Å²) < 4.78 is 38.3. The lowest BCUT2D eigenvalue weighted by Crippen LogP contribution is -2.35. The summed E-state index contributed by atoms with van der Waals surface area (Å²) in [5, 5.41) is 4.84. The molecule has 2 heterocycles. The largest absolute Gasteiger partial charge is 0.497 e. The van der Waals surface area contributed by atoms with E-state index in [0.717, 1.165) is 43.6 Å². The van der Waals surface area contributed by atoms with Gasteiger partial charge in [0.2, 0.25) is 0 Å². The molecule has 1 aliphatic heterocycles. The van der Waals surface area contributed by atoms with Gasteiger partial charge in [-0.3, -0.25) is 0 Å². The van der Waals surface area contributed by atoms with Gasteiger partial charge in [-0.15, -0.1) is 11.3 Å². The van der Waals surface area contributed by atoms with Gasteiger partial charge in [0.1, 0.15) is 17.3 Å². The predicted octanol–water partition coefficient (Wildman–Crippen LogP) is 7.31. The molecule has 1 saturated heterocycles. The molecule has 2 aromatic carbocycles. The van der Waals surface area contributed by atoms with E-state index in [1.165, 1.54) is 36.3 Å². The van der Waals surface area contributed by atoms with Crippen molar-refractivity contribution in [1.82, 2.24) is 4.98 Å². The van der Waals surface area contributed by atoms with E-state index in [9.17, 15) is 8.78 Å². The Morgan fingerprint density at radius 3 is 2.76 bits per heavy atom. The second-order valence-electron chi connectivity index (χ2n) is 8.09. The number of aromatic nitrogens is 1. The van der Waals surface area contributed by atoms with Crippen molar-refractivity contribution in [1.29, 1.82) is 0 Å². The van der Waals surface area contributed by atoms with Gasteiger partial charge in [-0.1, -0.05) is 13.3 Å². The van der Waals surface area contributed by atoms with Gasteiger partial charge < -0.3 is 19.7 Å². The summed E-state index contributed by atoms with van der Waals surface area (Å²) in [5.41, 5.74) is 3.09. The van der Waals surface area contributed by atoms with Crippen LogP contribution in [0.25, 0.3) is 0 Å². The third-order valence-electron chi connectivity index (χ3n) is 5.74. The molecular formula is C24H28F2N4OS2. The maximum absolute atomic E-state index is 14.9. The van der Waals surface area contributed by atoms with Crippen molar-refractivity contribution in [2.75, 3.05) is 35.1 Å². The van der Waals surface area contributed by atoms with Crippen LogP contribution in [-0.4, -0.2) is 25.2 Å². The van der Waals surface area contributed by atoms with Gasteiger partial charge in [-0.05, 0) is 61.4 Å². The molecule has 1 aromatic heterocycles. The third kappa shape index (κ3) is 5.89. The van der Waals surface area contributed by atoms with Crippen LogP contribution in [0.4, 0.5) is 31.7 Å². The Bertz CT molecular complexity index is 1040. The fourth-order valence-electron chi connectivity index (χ4n) is 4.17. The van der Waals surface area contributed by atoms with Crippen LogP contribution in [0, 0.1) is 17.6 Å². The summed E-state index contributed by atoms with van der Waals surface area (Å²) >= 11 is 2.56. The molecule has 0 amide bonds. The number of benzene rings is 2. The molecule has 5 nitrogen and oxygen atoms in total. The maximum Gasteiger partial charge on any atom is 0.150 e. The van der Waals surface area contributed by atoms with E-state index < -0.39 is 11.6 Å². The minimum Gasteiger partial charge on any atom is -0.497 e. The molecule has 0 aliphatic carbocycles. The van der Waals surface area contributed by atoms with Gasteiger partial charge in [-0.25, -0.2) is 13.8 Å². The van der Waals surface area contributed by atoms with Gasteiger partial charge in [0.15, 0.2) is 11.6 Å². The lowest BCUT2D eigenvalue weighted by Gasteiger charge is -2.35. The molecule has 0 bridgehead atoms. The SMILES string of the molecule is CCC[C@@H]1CCCN(c2cc(OC)ccc2Nc2c(F)cc(SNc3cscn3)cc2F)C1. The molecule has 1 fully saturated rings. The lowest BCUT2D eigenvalue weighted by atomic mass is 9.93. The first kappa shape index (κ1) is 23.6. The highest BCUT2D eigenvalue weighted by Gasteiger charge is 2.23. The Labute approximate surface area is 201 Å². The first-order valence-electron chi connectivity index (χ1n) is 11.1. The molecule has 176 valence electrons. The number of halogens is 2. The predicted molar refractivity (Wildman–Crippen MR) is 134 cm³/mol. The topological polar surface area (TPSA) is 49.4 Å². The van der Waals surface area contributed by atoms with Crippen LogP contribution < -0.4 is 19.7 Å². The van der Waals surface area contributed by atoms with Gasteiger partial charge in [0.25, 0.3) is 0 Å². The zero-order valence-corrected chi connectivity index (χ0v) is 20.4. The Morgan fingerprint density at radius 1 is 1.24 bits per heavy atom. The number of nitrogens with one attached hydrogen (secondary N) is 2. The Hall–Kier alpha value is -2.52. The monoisotopic (exact) mass is 490 g/mol. The van der Waals surface area contributed by atoms with Crippen molar-refractivity contribution in [3.05, 3.63) is 52.9 Å². The summed E-state index contributed by atoms with van der Waals surface area (Å²) in [7, 11) is 1.62. The Morgan fingerprint density at radius 2 is 2.06 bits per heavy atom. The molecule has 2 N–H and O–H groups in total. The number of hydrogen-bond acceptors (Lipinski definition) is 7. The van der Waals surface area contributed by atoms with Crippen LogP contribution >= 0.6 is 23.3 Å². The summed E-state index contributed by atoms with van der Waals surface area (Å²) in [4.78, 5) is 6.83. The Kier molecular flexibility index (Phi) is 7.93. The average Bonchev–Trinajstić information content (AvgIpc) is 3.34. The summed E-state index contributed by atoms with van der Waals surface area (Å²) in [6.45, 7) is 4.04. The highest BCUT2D eigenvalue weighted by Crippen LogP contribution is 2.37. The molecule has 0 radical (unpaired) electrons. The quantitative estimate of drug-likeness (QED) is 0.307. The van der Waals surface area contributed by atoms with E-state index in [0.29, 0.717) is 28.1 Å². The van der Waals surface area contributed by atoms with Crippen molar-refractivity contribution in [3.63, 3.8) is 0 Å². The molecule has 0 spiro atoms. The summed E-state index contributed by atoms with van der Waals surface area (Å²) in [6.07, 6.45) is 4.65. The minimum absolute atomic E-state index is 0.165. The van der Waals surface area contributed by atoms with Crippen LogP contribution in [0.1, 0.15) is 32.6 Å². The molecule has 1 atom stereocenters. The molecule has 0 saturated carbocycles. The van der Waals surface area contributed by atoms with Crippen molar-refractivity contribution in [2.24, 2.45) is 5.92 Å². The van der Waals surface area contributed by atoms with Crippen LogP contribution in [0.15, 0.2) is 46.1 Å². The number of piperidine rings is 1. The molecule has 4 rings (SSSR count). The van der Waals surface area contributed by atoms with Gasteiger partial charge in [0.05, 0.1) is 24.0 Å². The van der Waals surface area contributed by atoms with Crippen LogP contribution in [-0.2, 0) is 0 Å². The maximum atomic E-state index is 14.9. The zero-order valence-electron chi connectivity index (χ0n) is 18.7. The van der Waals surface area contributed by atoms with Crippen molar-refractivity contribution in [2.45, 2.75) is 37.5 Å². The van der Waals surface area contributed by atoms with Crippen molar-refractivity contribution >= 4 is 46.2 Å². The molecule has 1 aliphatic rings. The number of anilines is 4. The molecule has 33 heavy (non-hydrogen) atoms. The van der Waals surface area contributed by atoms with Crippen molar-refractivity contribution in [3.8, 4) is 5.75 Å². The highest BCUT2D eigenvalue weighted by molar-refractivity contribution is 8.00. The molecule has 0 unspecified atom stereocenters. The smallest absolute Gasteiger partial charge is 0.150 e. The number of methoxy groups -OCH3 is 1. The normalized spacial score (nSPS) is 16.0. The minimum atomic E-state index is -0.651. The second-order valence-corrected chi connectivity index (χ2v) is 9.69. The molecular weight excluding hydrogens is 462 g/mol. The number of rotatable bonds is 9. The first-order valence-corrected chi connectivity index (χ1v) is 12.8. The number of nitrogens with zero attached hydrogens (tertiary/aromatic N) is 2. The summed E-state index contributed by atoms with van der Waals surface area (Å²) in [6, 6.07) is 8.20. The molecule has 3 aromatic rings. The average molecular weight is 491 g/mol. The van der Waals surface area contributed by atoms with E-state index in [1.807, 2.05) is 17.5 Å². The second kappa shape index (κ2) is 11.1. The number of hydrogen-bond donors (Lipinski definition) is 2.